The molecular weight excluding hydrogens is 364 g/mol. The molecule has 0 saturated heterocycles. The first-order valence-corrected chi connectivity index (χ1v) is 8.65. The van der Waals surface area contributed by atoms with Crippen LogP contribution in [0.15, 0.2) is 29.4 Å². The van der Waals surface area contributed by atoms with Crippen LogP contribution in [0.25, 0.3) is 0 Å². The molecule has 0 atom stereocenters. The molecule has 0 radical (unpaired) electrons. The number of benzene rings is 1. The van der Waals surface area contributed by atoms with Crippen LogP contribution in [-0.4, -0.2) is 36.3 Å². The van der Waals surface area contributed by atoms with Crippen LogP contribution in [0.4, 0.5) is 5.69 Å². The van der Waals surface area contributed by atoms with Crippen LogP contribution in [-0.2, 0) is 19.2 Å². The molecule has 3 amide bonds. The summed E-state index contributed by atoms with van der Waals surface area (Å²) in [6, 6.07) is 6.82. The van der Waals surface area contributed by atoms with Gasteiger partial charge in [-0.1, -0.05) is 20.8 Å². The number of Topliss-reactive ketones (excluding diaryl/α,β-unsaturated/α-hetero) is 1. The first-order chi connectivity index (χ1) is 13.0. The van der Waals surface area contributed by atoms with Gasteiger partial charge in [-0.15, -0.1) is 0 Å². The normalized spacial score (nSPS) is 11.5. The van der Waals surface area contributed by atoms with Crippen molar-refractivity contribution in [3.63, 3.8) is 0 Å². The molecule has 1 rings (SSSR count). The van der Waals surface area contributed by atoms with Crippen molar-refractivity contribution in [2.75, 3.05) is 12.4 Å². The number of carbonyl (C=O) groups excluding carboxylic acids is 4. The van der Waals surface area contributed by atoms with Crippen molar-refractivity contribution in [1.29, 1.82) is 0 Å². The number of hydrogen-bond donors (Lipinski definition) is 3. The summed E-state index contributed by atoms with van der Waals surface area (Å²) in [7, 11) is 1.55. The predicted molar refractivity (Wildman–Crippen MR) is 105 cm³/mol. The van der Waals surface area contributed by atoms with Crippen molar-refractivity contribution in [2.45, 2.75) is 40.0 Å². The number of ether oxygens (including phenoxy) is 1. The van der Waals surface area contributed by atoms with Gasteiger partial charge in [-0.3, -0.25) is 19.2 Å². The molecule has 0 aliphatic rings. The number of primary amides is 1. The van der Waals surface area contributed by atoms with Crippen molar-refractivity contribution in [3.8, 4) is 5.75 Å². The smallest absolute Gasteiger partial charge is 0.329 e. The fourth-order valence-corrected chi connectivity index (χ4v) is 1.97. The van der Waals surface area contributed by atoms with Crippen LogP contribution in [0.2, 0.25) is 0 Å². The van der Waals surface area contributed by atoms with Crippen molar-refractivity contribution in [1.82, 2.24) is 5.43 Å². The molecule has 0 saturated carbocycles. The number of nitrogens with zero attached hydrogens (tertiary/aromatic N) is 1. The SMILES string of the molecule is COc1ccc(NC(=O)CC/C(CC(=O)C(C)(C)C)=N\NC(=O)C(N)=O)cc1. The van der Waals surface area contributed by atoms with E-state index in [-0.39, 0.29) is 36.7 Å². The minimum Gasteiger partial charge on any atom is -0.497 e. The van der Waals surface area contributed by atoms with Gasteiger partial charge < -0.3 is 15.8 Å². The molecule has 0 unspecified atom stereocenters. The second-order valence-electron chi connectivity index (χ2n) is 7.11. The van der Waals surface area contributed by atoms with E-state index in [0.29, 0.717) is 11.4 Å². The maximum absolute atomic E-state index is 12.3. The number of anilines is 1. The number of carbonyl (C=O) groups is 4. The fraction of sp³-hybridized carbons (Fsp3) is 0.421. The van der Waals surface area contributed by atoms with Gasteiger partial charge in [0, 0.05) is 29.7 Å². The average Bonchev–Trinajstić information content (AvgIpc) is 2.63. The largest absolute Gasteiger partial charge is 0.497 e. The lowest BCUT2D eigenvalue weighted by Crippen LogP contribution is -2.34. The zero-order valence-corrected chi connectivity index (χ0v) is 16.5. The molecule has 0 fully saturated rings. The number of hydrogen-bond acceptors (Lipinski definition) is 6. The Bertz CT molecular complexity index is 764. The zero-order chi connectivity index (χ0) is 21.3. The summed E-state index contributed by atoms with van der Waals surface area (Å²) in [6.07, 6.45) is 0.107. The number of rotatable bonds is 8. The lowest BCUT2D eigenvalue weighted by atomic mass is 9.87. The van der Waals surface area contributed by atoms with Gasteiger partial charge in [0.05, 0.1) is 7.11 Å². The summed E-state index contributed by atoms with van der Waals surface area (Å²) < 4.78 is 5.05. The van der Waals surface area contributed by atoms with Crippen LogP contribution < -0.4 is 21.2 Å². The lowest BCUT2D eigenvalue weighted by molar-refractivity contribution is -0.137. The summed E-state index contributed by atoms with van der Waals surface area (Å²) in [6.45, 7) is 5.27. The number of ketones is 1. The first kappa shape index (κ1) is 22.8. The van der Waals surface area contributed by atoms with Gasteiger partial charge >= 0.3 is 11.8 Å². The number of nitrogens with one attached hydrogen (secondary N) is 2. The Morgan fingerprint density at radius 3 is 2.18 bits per heavy atom. The predicted octanol–water partition coefficient (Wildman–Crippen LogP) is 1.38. The summed E-state index contributed by atoms with van der Waals surface area (Å²) >= 11 is 0. The van der Waals surface area contributed by atoms with Gasteiger partial charge in [-0.2, -0.15) is 5.10 Å². The highest BCUT2D eigenvalue weighted by molar-refractivity contribution is 6.34. The highest BCUT2D eigenvalue weighted by Gasteiger charge is 2.23. The van der Waals surface area contributed by atoms with Crippen LogP contribution in [0.3, 0.4) is 0 Å². The quantitative estimate of drug-likeness (QED) is 0.349. The number of methoxy groups -OCH3 is 1. The first-order valence-electron chi connectivity index (χ1n) is 8.65. The summed E-state index contributed by atoms with van der Waals surface area (Å²) in [4.78, 5) is 46.5. The van der Waals surface area contributed by atoms with Gasteiger partial charge in [0.1, 0.15) is 11.5 Å². The number of nitrogens with two attached hydrogens (primary N) is 1. The van der Waals surface area contributed by atoms with Crippen molar-refractivity contribution in [2.24, 2.45) is 16.3 Å². The van der Waals surface area contributed by atoms with E-state index in [2.05, 4.69) is 10.4 Å². The van der Waals surface area contributed by atoms with E-state index in [1.165, 1.54) is 0 Å². The van der Waals surface area contributed by atoms with Crippen molar-refractivity contribution < 1.29 is 23.9 Å². The minimum absolute atomic E-state index is 0.0364. The van der Waals surface area contributed by atoms with Gasteiger partial charge in [0.2, 0.25) is 5.91 Å². The van der Waals surface area contributed by atoms with E-state index in [4.69, 9.17) is 10.5 Å². The molecule has 0 spiro atoms. The Balaban J connectivity index is 2.74. The third-order valence-corrected chi connectivity index (χ3v) is 3.75. The molecule has 28 heavy (non-hydrogen) atoms. The Morgan fingerprint density at radius 2 is 1.68 bits per heavy atom. The molecule has 152 valence electrons. The molecular formula is C19H26N4O5. The molecule has 1 aromatic rings. The van der Waals surface area contributed by atoms with E-state index in [0.717, 1.165) is 0 Å². The zero-order valence-electron chi connectivity index (χ0n) is 16.5. The number of hydrazone groups is 1. The Kier molecular flexibility index (Phi) is 8.30. The molecule has 9 heteroatoms. The lowest BCUT2D eigenvalue weighted by Gasteiger charge is -2.17. The van der Waals surface area contributed by atoms with E-state index < -0.39 is 17.2 Å². The average molecular weight is 390 g/mol. The van der Waals surface area contributed by atoms with E-state index in [9.17, 15) is 19.2 Å². The second kappa shape index (κ2) is 10.2. The molecule has 9 nitrogen and oxygen atoms in total. The second-order valence-corrected chi connectivity index (χ2v) is 7.11. The van der Waals surface area contributed by atoms with Crippen LogP contribution in [0.5, 0.6) is 5.75 Å². The van der Waals surface area contributed by atoms with E-state index in [1.807, 2.05) is 5.43 Å². The molecule has 0 aromatic heterocycles. The van der Waals surface area contributed by atoms with Gasteiger partial charge in [0.15, 0.2) is 0 Å². The fourth-order valence-electron chi connectivity index (χ4n) is 1.97. The van der Waals surface area contributed by atoms with E-state index >= 15 is 0 Å². The van der Waals surface area contributed by atoms with E-state index in [1.54, 1.807) is 52.1 Å². The van der Waals surface area contributed by atoms with Crippen LogP contribution in [0.1, 0.15) is 40.0 Å². The Labute approximate surface area is 163 Å². The summed E-state index contributed by atoms with van der Waals surface area (Å²) in [5.74, 6) is -2.03. The van der Waals surface area contributed by atoms with Gasteiger partial charge in [0.25, 0.3) is 0 Å². The Morgan fingerprint density at radius 1 is 1.07 bits per heavy atom. The molecule has 0 heterocycles. The molecule has 0 aliphatic carbocycles. The third-order valence-electron chi connectivity index (χ3n) is 3.75. The summed E-state index contributed by atoms with van der Waals surface area (Å²) in [5.41, 5.74) is 7.12. The highest BCUT2D eigenvalue weighted by atomic mass is 16.5. The third kappa shape index (κ3) is 7.98. The van der Waals surface area contributed by atoms with Crippen LogP contribution in [0, 0.1) is 5.41 Å². The standard InChI is InChI=1S/C19H26N4O5/c1-19(2,3)15(24)11-13(22-23-18(27)17(20)26)7-10-16(25)21-12-5-8-14(28-4)9-6-12/h5-6,8-9H,7,10-11H2,1-4H3,(H2,20,26)(H,21,25)(H,23,27)/b22-13+. The number of amides is 3. The molecule has 0 aliphatic heterocycles. The van der Waals surface area contributed by atoms with Crippen molar-refractivity contribution >= 4 is 34.9 Å². The topological polar surface area (TPSA) is 140 Å². The Hall–Kier alpha value is -3.23. The minimum atomic E-state index is -1.19. The maximum Gasteiger partial charge on any atom is 0.329 e. The molecule has 0 bridgehead atoms. The van der Waals surface area contributed by atoms with Crippen molar-refractivity contribution in [3.05, 3.63) is 24.3 Å². The monoisotopic (exact) mass is 390 g/mol. The maximum atomic E-state index is 12.3. The summed E-state index contributed by atoms with van der Waals surface area (Å²) in [5, 5.41) is 6.52. The highest BCUT2D eigenvalue weighted by Crippen LogP contribution is 2.18. The molecule has 1 aromatic carbocycles. The van der Waals surface area contributed by atoms with Gasteiger partial charge in [-0.25, -0.2) is 5.43 Å². The van der Waals surface area contributed by atoms with Crippen LogP contribution >= 0.6 is 0 Å². The van der Waals surface area contributed by atoms with Gasteiger partial charge in [-0.05, 0) is 30.7 Å². The molecule has 4 N–H and O–H groups in total.